The number of hydrogen-bond donors (Lipinski definition) is 1. The summed E-state index contributed by atoms with van der Waals surface area (Å²) < 4.78 is 5.54. The summed E-state index contributed by atoms with van der Waals surface area (Å²) in [4.78, 5) is 2.37. The van der Waals surface area contributed by atoms with Crippen LogP contribution in [0.1, 0.15) is 26.7 Å². The van der Waals surface area contributed by atoms with E-state index in [4.69, 9.17) is 10.5 Å². The third kappa shape index (κ3) is 2.65. The van der Waals surface area contributed by atoms with Gasteiger partial charge < -0.3 is 15.4 Å². The van der Waals surface area contributed by atoms with Gasteiger partial charge in [-0.3, -0.25) is 0 Å². The molecule has 1 saturated heterocycles. The molecule has 2 rings (SSSR count). The zero-order valence-corrected chi connectivity index (χ0v) is 10.8. The number of nitrogens with zero attached hydrogens (tertiary/aromatic N) is 1. The van der Waals surface area contributed by atoms with E-state index in [1.165, 1.54) is 12.8 Å². The minimum absolute atomic E-state index is 0.657. The maximum atomic E-state index is 6.17. The van der Waals surface area contributed by atoms with Crippen molar-refractivity contribution in [2.45, 2.75) is 26.7 Å². The highest BCUT2D eigenvalue weighted by atomic mass is 16.5. The molecule has 1 aromatic carbocycles. The topological polar surface area (TPSA) is 38.5 Å². The van der Waals surface area contributed by atoms with Gasteiger partial charge in [0.05, 0.1) is 18.0 Å². The molecule has 1 aromatic rings. The van der Waals surface area contributed by atoms with Crippen molar-refractivity contribution in [2.75, 3.05) is 30.3 Å². The fourth-order valence-electron chi connectivity index (χ4n) is 2.34. The lowest BCUT2D eigenvalue weighted by Gasteiger charge is -2.33. The predicted molar refractivity (Wildman–Crippen MR) is 72.6 cm³/mol. The molecule has 94 valence electrons. The Morgan fingerprint density at radius 1 is 1.35 bits per heavy atom. The molecule has 0 bridgehead atoms. The Bertz CT molecular complexity index is 370. The summed E-state index contributed by atoms with van der Waals surface area (Å²) in [5.74, 6) is 1.64. The van der Waals surface area contributed by atoms with Crippen LogP contribution in [0, 0.1) is 5.92 Å². The molecule has 0 radical (unpaired) electrons. The average molecular weight is 234 g/mol. The van der Waals surface area contributed by atoms with Gasteiger partial charge in [0.2, 0.25) is 0 Å². The highest BCUT2D eigenvalue weighted by Crippen LogP contribution is 2.34. The predicted octanol–water partition coefficient (Wildman–Crippen LogP) is 2.90. The number of para-hydroxylation sites is 1. The van der Waals surface area contributed by atoms with Gasteiger partial charge in [0.25, 0.3) is 0 Å². The van der Waals surface area contributed by atoms with Crippen LogP contribution in [0.5, 0.6) is 5.75 Å². The number of piperidine rings is 1. The molecule has 2 N–H and O–H groups in total. The molecule has 1 aliphatic rings. The van der Waals surface area contributed by atoms with Crippen molar-refractivity contribution >= 4 is 11.4 Å². The Morgan fingerprint density at radius 2 is 2.06 bits per heavy atom. The van der Waals surface area contributed by atoms with E-state index in [9.17, 15) is 0 Å². The van der Waals surface area contributed by atoms with E-state index in [0.29, 0.717) is 6.61 Å². The van der Waals surface area contributed by atoms with Crippen LogP contribution in [-0.4, -0.2) is 19.7 Å². The molecule has 0 unspecified atom stereocenters. The lowest BCUT2D eigenvalue weighted by molar-refractivity contribution is 0.342. The van der Waals surface area contributed by atoms with E-state index < -0.39 is 0 Å². The first kappa shape index (κ1) is 12.1. The lowest BCUT2D eigenvalue weighted by atomic mass is 9.98. The Hall–Kier alpha value is -1.38. The number of benzene rings is 1. The quantitative estimate of drug-likeness (QED) is 0.817. The zero-order valence-electron chi connectivity index (χ0n) is 10.8. The van der Waals surface area contributed by atoms with Crippen LogP contribution in [-0.2, 0) is 0 Å². The van der Waals surface area contributed by atoms with Gasteiger partial charge >= 0.3 is 0 Å². The number of anilines is 2. The minimum atomic E-state index is 0.657. The third-order valence-electron chi connectivity index (χ3n) is 3.47. The second kappa shape index (κ2) is 5.30. The second-order valence-corrected chi connectivity index (χ2v) is 4.79. The van der Waals surface area contributed by atoms with Crippen LogP contribution in [0.25, 0.3) is 0 Å². The summed E-state index contributed by atoms with van der Waals surface area (Å²) in [5, 5.41) is 0. The van der Waals surface area contributed by atoms with Crippen LogP contribution in [0.3, 0.4) is 0 Å². The normalized spacial score (nSPS) is 17.2. The molecule has 1 fully saturated rings. The van der Waals surface area contributed by atoms with Gasteiger partial charge in [-0.15, -0.1) is 0 Å². The smallest absolute Gasteiger partial charge is 0.144 e. The van der Waals surface area contributed by atoms with Crippen molar-refractivity contribution in [3.8, 4) is 5.75 Å². The van der Waals surface area contributed by atoms with Gasteiger partial charge in [-0.1, -0.05) is 13.0 Å². The van der Waals surface area contributed by atoms with Crippen molar-refractivity contribution in [1.82, 2.24) is 0 Å². The minimum Gasteiger partial charge on any atom is -0.492 e. The molecule has 0 amide bonds. The number of nitrogen functional groups attached to an aromatic ring is 1. The summed E-state index contributed by atoms with van der Waals surface area (Å²) in [7, 11) is 0. The number of nitrogens with two attached hydrogens (primary N) is 1. The Balaban J connectivity index is 2.17. The van der Waals surface area contributed by atoms with Crippen LogP contribution in [0.2, 0.25) is 0 Å². The first-order valence-corrected chi connectivity index (χ1v) is 6.48. The molecule has 17 heavy (non-hydrogen) atoms. The Kier molecular flexibility index (Phi) is 3.77. The van der Waals surface area contributed by atoms with Gasteiger partial charge in [0.1, 0.15) is 5.75 Å². The zero-order chi connectivity index (χ0) is 12.3. The van der Waals surface area contributed by atoms with Crippen LogP contribution in [0.4, 0.5) is 11.4 Å². The highest BCUT2D eigenvalue weighted by molar-refractivity contribution is 5.74. The summed E-state index contributed by atoms with van der Waals surface area (Å²) >= 11 is 0. The van der Waals surface area contributed by atoms with Crippen molar-refractivity contribution in [3.05, 3.63) is 18.2 Å². The van der Waals surface area contributed by atoms with Gasteiger partial charge in [0.15, 0.2) is 0 Å². The maximum Gasteiger partial charge on any atom is 0.144 e. The van der Waals surface area contributed by atoms with E-state index in [-0.39, 0.29) is 0 Å². The monoisotopic (exact) mass is 234 g/mol. The summed E-state index contributed by atoms with van der Waals surface area (Å²) in [6.07, 6.45) is 2.50. The Labute approximate surface area is 104 Å². The van der Waals surface area contributed by atoms with Crippen LogP contribution in [0.15, 0.2) is 18.2 Å². The Morgan fingerprint density at radius 3 is 2.71 bits per heavy atom. The van der Waals surface area contributed by atoms with E-state index in [1.807, 2.05) is 19.1 Å². The molecule has 0 spiro atoms. The fraction of sp³-hybridized carbons (Fsp3) is 0.571. The molecule has 0 atom stereocenters. The molecule has 1 heterocycles. The molecular weight excluding hydrogens is 212 g/mol. The SMILES string of the molecule is CCOc1cccc(N2CCC(C)CC2)c1N. The van der Waals surface area contributed by atoms with Gasteiger partial charge in [0, 0.05) is 13.1 Å². The fourth-order valence-corrected chi connectivity index (χ4v) is 2.34. The molecular formula is C14H22N2O. The molecule has 3 heteroatoms. The molecule has 0 saturated carbocycles. The second-order valence-electron chi connectivity index (χ2n) is 4.79. The van der Waals surface area contributed by atoms with Gasteiger partial charge in [-0.25, -0.2) is 0 Å². The first-order chi connectivity index (χ1) is 8.22. The van der Waals surface area contributed by atoms with Crippen LogP contribution >= 0.6 is 0 Å². The number of rotatable bonds is 3. The number of hydrogen-bond acceptors (Lipinski definition) is 3. The number of ether oxygens (including phenoxy) is 1. The van der Waals surface area contributed by atoms with Gasteiger partial charge in [-0.05, 0) is 37.8 Å². The maximum absolute atomic E-state index is 6.17. The van der Waals surface area contributed by atoms with Crippen molar-refractivity contribution in [1.29, 1.82) is 0 Å². The highest BCUT2D eigenvalue weighted by Gasteiger charge is 2.18. The third-order valence-corrected chi connectivity index (χ3v) is 3.47. The van der Waals surface area contributed by atoms with Crippen molar-refractivity contribution < 1.29 is 4.74 Å². The van der Waals surface area contributed by atoms with E-state index in [0.717, 1.165) is 36.1 Å². The van der Waals surface area contributed by atoms with E-state index in [1.54, 1.807) is 0 Å². The van der Waals surface area contributed by atoms with Crippen LogP contribution < -0.4 is 15.4 Å². The summed E-state index contributed by atoms with van der Waals surface area (Å²) in [6.45, 7) is 7.15. The molecule has 1 aliphatic heterocycles. The largest absolute Gasteiger partial charge is 0.492 e. The summed E-state index contributed by atoms with van der Waals surface area (Å²) in [6, 6.07) is 6.05. The van der Waals surface area contributed by atoms with E-state index >= 15 is 0 Å². The molecule has 3 nitrogen and oxygen atoms in total. The summed E-state index contributed by atoms with van der Waals surface area (Å²) in [5.41, 5.74) is 8.08. The van der Waals surface area contributed by atoms with E-state index in [2.05, 4.69) is 17.9 Å². The lowest BCUT2D eigenvalue weighted by Crippen LogP contribution is -2.33. The van der Waals surface area contributed by atoms with Crippen molar-refractivity contribution in [2.24, 2.45) is 5.92 Å². The van der Waals surface area contributed by atoms with Crippen molar-refractivity contribution in [3.63, 3.8) is 0 Å². The molecule has 0 aliphatic carbocycles. The first-order valence-electron chi connectivity index (χ1n) is 6.48. The molecule has 0 aromatic heterocycles. The standard InChI is InChI=1S/C14H22N2O/c1-3-17-13-6-4-5-12(14(13)15)16-9-7-11(2)8-10-16/h4-6,11H,3,7-10,15H2,1-2H3. The van der Waals surface area contributed by atoms with Gasteiger partial charge in [-0.2, -0.15) is 0 Å². The average Bonchev–Trinajstić information content (AvgIpc) is 2.34.